The van der Waals surface area contributed by atoms with Crippen molar-refractivity contribution in [1.82, 2.24) is 15.3 Å². The van der Waals surface area contributed by atoms with Crippen molar-refractivity contribution in [3.63, 3.8) is 0 Å². The summed E-state index contributed by atoms with van der Waals surface area (Å²) in [6, 6.07) is 2.17. The van der Waals surface area contributed by atoms with Crippen molar-refractivity contribution in [1.29, 1.82) is 0 Å². The zero-order valence-corrected chi connectivity index (χ0v) is 13.3. The summed E-state index contributed by atoms with van der Waals surface area (Å²) in [7, 11) is 0. The standard InChI is InChI=1S/C17H26N4O/c22-17(20-14-8-4-3-5-9-14)15-12-16(19-13-18-15)21-10-6-1-2-7-11-21/h12-14H,1-11H2,(H,20,22). The highest BCUT2D eigenvalue weighted by molar-refractivity contribution is 5.93. The van der Waals surface area contributed by atoms with Crippen LogP contribution in [0.5, 0.6) is 0 Å². The Kier molecular flexibility index (Phi) is 5.24. The Morgan fingerprint density at radius 1 is 1.00 bits per heavy atom. The first-order valence-electron chi connectivity index (χ1n) is 8.71. The molecule has 1 aliphatic heterocycles. The number of carbonyl (C=O) groups is 1. The van der Waals surface area contributed by atoms with E-state index < -0.39 is 0 Å². The van der Waals surface area contributed by atoms with Gasteiger partial charge in [0.05, 0.1) is 0 Å². The topological polar surface area (TPSA) is 58.1 Å². The molecule has 0 unspecified atom stereocenters. The molecule has 0 aromatic carbocycles. The molecule has 2 fully saturated rings. The van der Waals surface area contributed by atoms with Gasteiger partial charge in [-0.3, -0.25) is 4.79 Å². The summed E-state index contributed by atoms with van der Waals surface area (Å²) in [5.41, 5.74) is 0.500. The van der Waals surface area contributed by atoms with E-state index in [-0.39, 0.29) is 5.91 Å². The van der Waals surface area contributed by atoms with Crippen LogP contribution in [-0.4, -0.2) is 35.0 Å². The Morgan fingerprint density at radius 3 is 2.41 bits per heavy atom. The fourth-order valence-corrected chi connectivity index (χ4v) is 3.45. The average molecular weight is 302 g/mol. The molecular weight excluding hydrogens is 276 g/mol. The van der Waals surface area contributed by atoms with Crippen LogP contribution in [0.15, 0.2) is 12.4 Å². The number of hydrogen-bond donors (Lipinski definition) is 1. The number of nitrogens with one attached hydrogen (secondary N) is 1. The molecule has 1 aromatic heterocycles. The number of anilines is 1. The molecule has 0 atom stereocenters. The lowest BCUT2D eigenvalue weighted by molar-refractivity contribution is 0.0922. The fraction of sp³-hybridized carbons (Fsp3) is 0.706. The molecule has 5 heteroatoms. The van der Waals surface area contributed by atoms with Crippen LogP contribution in [0.2, 0.25) is 0 Å². The molecule has 1 N–H and O–H groups in total. The first-order chi connectivity index (χ1) is 10.8. The van der Waals surface area contributed by atoms with Crippen molar-refractivity contribution < 1.29 is 4.79 Å². The molecule has 1 aromatic rings. The first-order valence-corrected chi connectivity index (χ1v) is 8.71. The quantitative estimate of drug-likeness (QED) is 0.932. The molecule has 1 aliphatic carbocycles. The number of hydrogen-bond acceptors (Lipinski definition) is 4. The van der Waals surface area contributed by atoms with Crippen molar-refractivity contribution >= 4 is 11.7 Å². The van der Waals surface area contributed by atoms with Crippen LogP contribution in [0.3, 0.4) is 0 Å². The van der Waals surface area contributed by atoms with Crippen molar-refractivity contribution in [3.8, 4) is 0 Å². The number of carbonyl (C=O) groups excluding carboxylic acids is 1. The summed E-state index contributed by atoms with van der Waals surface area (Å²) >= 11 is 0. The van der Waals surface area contributed by atoms with Crippen molar-refractivity contribution in [3.05, 3.63) is 18.1 Å². The second kappa shape index (κ2) is 7.56. The van der Waals surface area contributed by atoms with E-state index in [9.17, 15) is 4.79 Å². The molecule has 2 heterocycles. The maximum atomic E-state index is 12.4. The maximum absolute atomic E-state index is 12.4. The molecule has 2 aliphatic rings. The fourth-order valence-electron chi connectivity index (χ4n) is 3.45. The van der Waals surface area contributed by atoms with Gasteiger partial charge < -0.3 is 10.2 Å². The van der Waals surface area contributed by atoms with Crippen LogP contribution in [0.1, 0.15) is 68.3 Å². The van der Waals surface area contributed by atoms with Gasteiger partial charge in [0.2, 0.25) is 0 Å². The first kappa shape index (κ1) is 15.3. The van der Waals surface area contributed by atoms with Gasteiger partial charge in [-0.05, 0) is 25.7 Å². The number of amides is 1. The summed E-state index contributed by atoms with van der Waals surface area (Å²) in [5.74, 6) is 0.844. The van der Waals surface area contributed by atoms with Crippen LogP contribution >= 0.6 is 0 Å². The minimum absolute atomic E-state index is 0.0506. The molecule has 0 bridgehead atoms. The van der Waals surface area contributed by atoms with E-state index in [0.717, 1.165) is 31.7 Å². The molecule has 0 spiro atoms. The van der Waals surface area contributed by atoms with Crippen molar-refractivity contribution in [2.24, 2.45) is 0 Å². The van der Waals surface area contributed by atoms with E-state index in [0.29, 0.717) is 11.7 Å². The Hall–Kier alpha value is -1.65. The normalized spacial score (nSPS) is 20.5. The van der Waals surface area contributed by atoms with Crippen LogP contribution in [-0.2, 0) is 0 Å². The summed E-state index contributed by atoms with van der Waals surface area (Å²) in [6.45, 7) is 2.06. The van der Waals surface area contributed by atoms with Gasteiger partial charge in [-0.15, -0.1) is 0 Å². The number of aromatic nitrogens is 2. The third-order valence-corrected chi connectivity index (χ3v) is 4.76. The van der Waals surface area contributed by atoms with E-state index in [1.807, 2.05) is 6.07 Å². The molecule has 22 heavy (non-hydrogen) atoms. The van der Waals surface area contributed by atoms with Gasteiger partial charge in [-0.25, -0.2) is 9.97 Å². The van der Waals surface area contributed by atoms with Crippen molar-refractivity contribution in [2.45, 2.75) is 63.8 Å². The van der Waals surface area contributed by atoms with Crippen molar-refractivity contribution in [2.75, 3.05) is 18.0 Å². The van der Waals surface area contributed by atoms with Gasteiger partial charge in [0.25, 0.3) is 5.91 Å². The van der Waals surface area contributed by atoms with Gasteiger partial charge in [0, 0.05) is 25.2 Å². The maximum Gasteiger partial charge on any atom is 0.270 e. The molecule has 5 nitrogen and oxygen atoms in total. The molecule has 120 valence electrons. The highest BCUT2D eigenvalue weighted by atomic mass is 16.1. The molecule has 1 amide bonds. The van der Waals surface area contributed by atoms with E-state index in [2.05, 4.69) is 20.2 Å². The van der Waals surface area contributed by atoms with Crippen LogP contribution in [0, 0.1) is 0 Å². The molecule has 0 radical (unpaired) electrons. The molecule has 3 rings (SSSR count). The lowest BCUT2D eigenvalue weighted by Crippen LogP contribution is -2.36. The minimum Gasteiger partial charge on any atom is -0.357 e. The summed E-state index contributed by atoms with van der Waals surface area (Å²) in [6.07, 6.45) is 12.4. The highest BCUT2D eigenvalue weighted by Crippen LogP contribution is 2.19. The SMILES string of the molecule is O=C(NC1CCCCC1)c1cc(N2CCCCCC2)ncn1. The van der Waals surface area contributed by atoms with E-state index in [1.54, 1.807) is 0 Å². The zero-order chi connectivity index (χ0) is 15.2. The van der Waals surface area contributed by atoms with Gasteiger partial charge in [-0.2, -0.15) is 0 Å². The second-order valence-electron chi connectivity index (χ2n) is 6.47. The number of rotatable bonds is 3. The number of nitrogens with zero attached hydrogens (tertiary/aromatic N) is 3. The largest absolute Gasteiger partial charge is 0.357 e. The molecule has 1 saturated carbocycles. The van der Waals surface area contributed by atoms with E-state index in [1.165, 1.54) is 51.3 Å². The summed E-state index contributed by atoms with van der Waals surface area (Å²) < 4.78 is 0. The highest BCUT2D eigenvalue weighted by Gasteiger charge is 2.19. The van der Waals surface area contributed by atoms with E-state index >= 15 is 0 Å². The minimum atomic E-state index is -0.0506. The van der Waals surface area contributed by atoms with Gasteiger partial charge in [0.1, 0.15) is 17.8 Å². The second-order valence-corrected chi connectivity index (χ2v) is 6.47. The smallest absolute Gasteiger partial charge is 0.270 e. The summed E-state index contributed by atoms with van der Waals surface area (Å²) in [5, 5.41) is 3.13. The lowest BCUT2D eigenvalue weighted by atomic mass is 9.95. The average Bonchev–Trinajstić information content (AvgIpc) is 2.85. The Morgan fingerprint density at radius 2 is 1.68 bits per heavy atom. The monoisotopic (exact) mass is 302 g/mol. The summed E-state index contributed by atoms with van der Waals surface area (Å²) in [4.78, 5) is 23.2. The van der Waals surface area contributed by atoms with Crippen LogP contribution in [0.4, 0.5) is 5.82 Å². The zero-order valence-electron chi connectivity index (χ0n) is 13.3. The van der Waals surface area contributed by atoms with Gasteiger partial charge >= 0.3 is 0 Å². The Bertz CT molecular complexity index is 491. The Labute approximate surface area is 132 Å². The van der Waals surface area contributed by atoms with E-state index in [4.69, 9.17) is 0 Å². The van der Waals surface area contributed by atoms with Crippen LogP contribution in [0.25, 0.3) is 0 Å². The third-order valence-electron chi connectivity index (χ3n) is 4.76. The van der Waals surface area contributed by atoms with Gasteiger partial charge in [-0.1, -0.05) is 32.1 Å². The third kappa shape index (κ3) is 3.96. The van der Waals surface area contributed by atoms with Crippen LogP contribution < -0.4 is 10.2 Å². The predicted octanol–water partition coefficient (Wildman–Crippen LogP) is 2.92. The Balaban J connectivity index is 1.65. The van der Waals surface area contributed by atoms with Gasteiger partial charge in [0.15, 0.2) is 0 Å². The molecular formula is C17H26N4O. The predicted molar refractivity (Wildman–Crippen MR) is 87.1 cm³/mol. The lowest BCUT2D eigenvalue weighted by Gasteiger charge is -2.23. The molecule has 1 saturated heterocycles.